The van der Waals surface area contributed by atoms with Crippen LogP contribution in [0.5, 0.6) is 11.5 Å². The Bertz CT molecular complexity index is 1400. The maximum atomic E-state index is 13.1. The van der Waals surface area contributed by atoms with Gasteiger partial charge in [0.25, 0.3) is 5.91 Å². The molecule has 1 fully saturated rings. The molecule has 0 radical (unpaired) electrons. The van der Waals surface area contributed by atoms with Crippen molar-refractivity contribution in [2.75, 3.05) is 39.8 Å². The van der Waals surface area contributed by atoms with Crippen molar-refractivity contribution in [2.45, 2.75) is 26.1 Å². The lowest BCUT2D eigenvalue weighted by Gasteiger charge is -2.19. The van der Waals surface area contributed by atoms with E-state index in [1.807, 2.05) is 77.7 Å². The molecule has 11 heteroatoms. The summed E-state index contributed by atoms with van der Waals surface area (Å²) in [5.41, 5.74) is 18.8. The van der Waals surface area contributed by atoms with Crippen LogP contribution in [-0.2, 0) is 6.29 Å². The van der Waals surface area contributed by atoms with Crippen molar-refractivity contribution in [2.24, 2.45) is 22.0 Å². The van der Waals surface area contributed by atoms with E-state index >= 15 is 0 Å². The van der Waals surface area contributed by atoms with Gasteiger partial charge in [0.05, 0.1) is 23.7 Å². The maximum absolute atomic E-state index is 13.1. The number of aromatic nitrogens is 2. The van der Waals surface area contributed by atoms with E-state index in [2.05, 4.69) is 27.5 Å². The molecule has 1 amide bonds. The van der Waals surface area contributed by atoms with Crippen LogP contribution in [0.3, 0.4) is 0 Å². The van der Waals surface area contributed by atoms with E-state index in [0.717, 1.165) is 79.5 Å². The minimum Gasteiger partial charge on any atom is -0.457 e. The SMILES string of the molecule is CCCN=CN.CN.NPCn1c(-c2cccc(Oc3ccccc3)c2)nc2cc(C(=O)N3CCCNCC3)ccc21. The third kappa shape index (κ3) is 9.09. The van der Waals surface area contributed by atoms with E-state index in [1.54, 1.807) is 0 Å². The Morgan fingerprint density at radius 2 is 1.83 bits per heavy atom. The number of nitrogens with one attached hydrogen (secondary N) is 1. The number of hydrogen-bond acceptors (Lipinski definition) is 7. The lowest BCUT2D eigenvalue weighted by molar-refractivity contribution is 0.0766. The summed E-state index contributed by atoms with van der Waals surface area (Å²) in [5, 5.41) is 3.35. The van der Waals surface area contributed by atoms with Gasteiger partial charge in [0.2, 0.25) is 0 Å². The van der Waals surface area contributed by atoms with Gasteiger partial charge >= 0.3 is 0 Å². The zero-order valence-corrected chi connectivity index (χ0v) is 25.5. The van der Waals surface area contributed by atoms with E-state index in [9.17, 15) is 4.79 Å². The lowest BCUT2D eigenvalue weighted by Crippen LogP contribution is -2.34. The molecule has 0 bridgehead atoms. The first-order valence-electron chi connectivity index (χ1n) is 14.2. The van der Waals surface area contributed by atoms with Gasteiger partial charge in [-0.2, -0.15) is 0 Å². The molecule has 42 heavy (non-hydrogen) atoms. The van der Waals surface area contributed by atoms with Crippen molar-refractivity contribution in [1.29, 1.82) is 0 Å². The molecule has 1 saturated heterocycles. The second-order valence-electron chi connectivity index (χ2n) is 9.32. The summed E-state index contributed by atoms with van der Waals surface area (Å²) in [6.45, 7) is 6.18. The monoisotopic (exact) mass is 590 g/mol. The lowest BCUT2D eigenvalue weighted by atomic mass is 10.1. The normalized spacial score (nSPS) is 13.4. The molecule has 0 aliphatic carbocycles. The van der Waals surface area contributed by atoms with Crippen LogP contribution >= 0.6 is 8.73 Å². The number of para-hydroxylation sites is 1. The summed E-state index contributed by atoms with van der Waals surface area (Å²) in [4.78, 5) is 23.7. The van der Waals surface area contributed by atoms with E-state index in [0.29, 0.717) is 11.8 Å². The smallest absolute Gasteiger partial charge is 0.253 e. The number of ether oxygens (including phenoxy) is 1. The van der Waals surface area contributed by atoms with Gasteiger partial charge in [0.1, 0.15) is 17.3 Å². The minimum atomic E-state index is 0.0562. The van der Waals surface area contributed by atoms with Gasteiger partial charge in [0, 0.05) is 37.3 Å². The fourth-order valence-electron chi connectivity index (χ4n) is 4.49. The molecule has 0 spiro atoms. The van der Waals surface area contributed by atoms with Crippen LogP contribution in [0, 0.1) is 0 Å². The van der Waals surface area contributed by atoms with Crippen LogP contribution in [0.25, 0.3) is 22.4 Å². The Labute approximate surface area is 250 Å². The second-order valence-corrected chi connectivity index (χ2v) is 10.0. The number of amides is 1. The molecule has 0 saturated carbocycles. The van der Waals surface area contributed by atoms with Gasteiger partial charge < -0.3 is 36.5 Å². The van der Waals surface area contributed by atoms with Gasteiger partial charge in [-0.15, -0.1) is 0 Å². The van der Waals surface area contributed by atoms with E-state index in [-0.39, 0.29) is 14.6 Å². The van der Waals surface area contributed by atoms with Crippen molar-refractivity contribution >= 4 is 32.0 Å². The van der Waals surface area contributed by atoms with Gasteiger partial charge in [-0.3, -0.25) is 9.79 Å². The average molecular weight is 591 g/mol. The molecule has 7 N–H and O–H groups in total. The third-order valence-electron chi connectivity index (χ3n) is 6.40. The van der Waals surface area contributed by atoms with Crippen molar-refractivity contribution in [3.05, 3.63) is 78.4 Å². The number of hydrogen-bond donors (Lipinski definition) is 4. The largest absolute Gasteiger partial charge is 0.457 e. The summed E-state index contributed by atoms with van der Waals surface area (Å²) in [5.74, 6) is 2.39. The molecule has 1 aliphatic heterocycles. The molecule has 1 unspecified atom stereocenters. The van der Waals surface area contributed by atoms with Gasteiger partial charge in [0.15, 0.2) is 0 Å². The van der Waals surface area contributed by atoms with Crippen LogP contribution in [-0.4, -0.2) is 66.5 Å². The summed E-state index contributed by atoms with van der Waals surface area (Å²) >= 11 is 0. The van der Waals surface area contributed by atoms with Gasteiger partial charge in [-0.1, -0.05) is 37.3 Å². The molecule has 10 nitrogen and oxygen atoms in total. The molecule has 1 aliphatic rings. The van der Waals surface area contributed by atoms with Crippen LogP contribution < -0.4 is 27.0 Å². The molecule has 5 rings (SSSR count). The number of benzene rings is 3. The topological polar surface area (TPSA) is 150 Å². The highest BCUT2D eigenvalue weighted by Crippen LogP contribution is 2.31. The van der Waals surface area contributed by atoms with Crippen LogP contribution in [0.1, 0.15) is 30.1 Å². The first kappa shape index (κ1) is 32.7. The Hall–Kier alpha value is -3.82. The number of imidazole rings is 1. The van der Waals surface area contributed by atoms with Crippen molar-refractivity contribution < 1.29 is 9.53 Å². The highest BCUT2D eigenvalue weighted by Gasteiger charge is 2.20. The summed E-state index contributed by atoms with van der Waals surface area (Å²) in [7, 11) is 1.74. The number of aliphatic imine (C=N–C) groups is 1. The van der Waals surface area contributed by atoms with Crippen molar-refractivity contribution in [1.82, 2.24) is 19.8 Å². The molecule has 3 aromatic carbocycles. The summed E-state index contributed by atoms with van der Waals surface area (Å²) < 4.78 is 8.15. The Kier molecular flexibility index (Phi) is 13.9. The average Bonchev–Trinajstić information content (AvgIpc) is 3.18. The number of carbonyl (C=O) groups is 1. The van der Waals surface area contributed by atoms with Gasteiger partial charge in [-0.25, -0.2) is 4.98 Å². The first-order chi connectivity index (χ1) is 20.6. The number of carbonyl (C=O) groups excluding carboxylic acids is 1. The Morgan fingerprint density at radius 3 is 2.55 bits per heavy atom. The van der Waals surface area contributed by atoms with Crippen LogP contribution in [0.2, 0.25) is 0 Å². The molecule has 4 aromatic rings. The van der Waals surface area contributed by atoms with Crippen LogP contribution in [0.4, 0.5) is 0 Å². The summed E-state index contributed by atoms with van der Waals surface area (Å²) in [6, 6.07) is 23.4. The molecule has 1 aromatic heterocycles. The molecule has 1 atom stereocenters. The fraction of sp³-hybridized carbons (Fsp3) is 0.323. The quantitative estimate of drug-likeness (QED) is 0.135. The van der Waals surface area contributed by atoms with Crippen molar-refractivity contribution in [3.8, 4) is 22.9 Å². The number of nitrogens with zero attached hydrogens (tertiary/aromatic N) is 4. The van der Waals surface area contributed by atoms with Crippen molar-refractivity contribution in [3.63, 3.8) is 0 Å². The standard InChI is InChI=1S/C26H28N5O2P.C4H10N2.CH5N/c27-34-18-31-24-11-10-20(26(32)30-14-5-12-28-13-15-30)17-23(24)29-25(31)19-6-4-9-22(16-19)33-21-7-2-1-3-8-21;1-2-3-6-4-5;1-2/h1-4,6-11,16-17,28,34H,5,12-15,18,27H2;4H,2-3H2,1H3,(H2,5,6);2H2,1H3. The van der Waals surface area contributed by atoms with Crippen LogP contribution in [0.15, 0.2) is 77.8 Å². The first-order valence-corrected chi connectivity index (χ1v) is 15.5. The predicted octanol–water partition coefficient (Wildman–Crippen LogP) is 4.40. The van der Waals surface area contributed by atoms with E-state index < -0.39 is 0 Å². The number of nitrogens with two attached hydrogens (primary N) is 3. The van der Waals surface area contributed by atoms with E-state index in [4.69, 9.17) is 21.0 Å². The highest BCUT2D eigenvalue weighted by atomic mass is 31.1. The fourth-order valence-corrected chi connectivity index (χ4v) is 5.00. The molecular weight excluding hydrogens is 547 g/mol. The number of rotatable bonds is 8. The molecule has 2 heterocycles. The predicted molar refractivity (Wildman–Crippen MR) is 176 cm³/mol. The summed E-state index contributed by atoms with van der Waals surface area (Å²) in [6.07, 6.45) is 4.03. The number of fused-ring (bicyclic) bond motifs is 1. The molecular formula is C31H43N8O2P. The molecule has 224 valence electrons. The Balaban J connectivity index is 0.000000541. The third-order valence-corrected chi connectivity index (χ3v) is 6.90. The highest BCUT2D eigenvalue weighted by molar-refractivity contribution is 7.33. The Morgan fingerprint density at radius 1 is 1.05 bits per heavy atom. The van der Waals surface area contributed by atoms with E-state index in [1.165, 1.54) is 13.4 Å². The second kappa shape index (κ2) is 17.9. The zero-order chi connectivity index (χ0) is 30.2. The maximum Gasteiger partial charge on any atom is 0.253 e. The van der Waals surface area contributed by atoms with Gasteiger partial charge in [-0.05, 0) is 77.6 Å². The minimum absolute atomic E-state index is 0.0562. The zero-order valence-electron chi connectivity index (χ0n) is 24.5.